The van der Waals surface area contributed by atoms with E-state index in [1.807, 2.05) is 34.6 Å². The number of hydrogen-bond donors (Lipinski definition) is 1. The summed E-state index contributed by atoms with van der Waals surface area (Å²) in [5.41, 5.74) is 0.00836. The monoisotopic (exact) mass is 294 g/mol. The van der Waals surface area contributed by atoms with Crippen LogP contribution in [0.25, 0.3) is 0 Å². The van der Waals surface area contributed by atoms with Gasteiger partial charge >= 0.3 is 5.97 Å². The molecule has 0 saturated carbocycles. The molecule has 0 radical (unpaired) electrons. The number of anilines is 1. The number of carbonyl (C=O) groups is 2. The Balaban J connectivity index is 3.13. The zero-order valence-electron chi connectivity index (χ0n) is 13.3. The number of hydrogen-bond acceptors (Lipinski definition) is 5. The van der Waals surface area contributed by atoms with Crippen LogP contribution in [-0.4, -0.2) is 30.1 Å². The van der Waals surface area contributed by atoms with E-state index in [2.05, 4.69) is 15.0 Å². The third-order valence-corrected chi connectivity index (χ3v) is 2.53. The SMILES string of the molecule is COC(=O)c1ccc(NC(=O)C(C)(C)C)c(OC(C)C)n1. The number of nitrogens with one attached hydrogen (secondary N) is 1. The summed E-state index contributed by atoms with van der Waals surface area (Å²) in [7, 11) is 1.28. The Morgan fingerprint density at radius 2 is 1.86 bits per heavy atom. The lowest BCUT2D eigenvalue weighted by Crippen LogP contribution is -2.28. The van der Waals surface area contributed by atoms with E-state index in [9.17, 15) is 9.59 Å². The topological polar surface area (TPSA) is 77.5 Å². The van der Waals surface area contributed by atoms with Crippen LogP contribution in [-0.2, 0) is 9.53 Å². The summed E-state index contributed by atoms with van der Waals surface area (Å²) >= 11 is 0. The van der Waals surface area contributed by atoms with E-state index in [0.29, 0.717) is 5.69 Å². The van der Waals surface area contributed by atoms with Crippen LogP contribution in [0.5, 0.6) is 5.88 Å². The second kappa shape index (κ2) is 6.56. The van der Waals surface area contributed by atoms with E-state index in [1.165, 1.54) is 13.2 Å². The Morgan fingerprint density at radius 3 is 2.33 bits per heavy atom. The lowest BCUT2D eigenvalue weighted by atomic mass is 9.95. The molecule has 0 fully saturated rings. The molecule has 0 bridgehead atoms. The third-order valence-electron chi connectivity index (χ3n) is 2.53. The molecule has 1 rings (SSSR count). The highest BCUT2D eigenvalue weighted by Crippen LogP contribution is 2.26. The summed E-state index contributed by atoms with van der Waals surface area (Å²) in [6, 6.07) is 3.07. The van der Waals surface area contributed by atoms with Gasteiger partial charge in [0.2, 0.25) is 11.8 Å². The minimum atomic E-state index is -0.558. The smallest absolute Gasteiger partial charge is 0.356 e. The van der Waals surface area contributed by atoms with Gasteiger partial charge in [-0.3, -0.25) is 4.79 Å². The van der Waals surface area contributed by atoms with Gasteiger partial charge in [-0.05, 0) is 26.0 Å². The quantitative estimate of drug-likeness (QED) is 0.864. The molecule has 0 atom stereocenters. The van der Waals surface area contributed by atoms with Crippen LogP contribution in [0, 0.1) is 5.41 Å². The summed E-state index contributed by atoms with van der Waals surface area (Å²) in [6.07, 6.45) is -0.143. The molecule has 1 N–H and O–H groups in total. The summed E-state index contributed by atoms with van der Waals surface area (Å²) in [4.78, 5) is 27.7. The van der Waals surface area contributed by atoms with E-state index in [4.69, 9.17) is 4.74 Å². The molecule has 0 aliphatic heterocycles. The molecule has 0 unspecified atom stereocenters. The van der Waals surface area contributed by atoms with Gasteiger partial charge in [0.1, 0.15) is 5.69 Å². The highest BCUT2D eigenvalue weighted by Gasteiger charge is 2.23. The van der Waals surface area contributed by atoms with Gasteiger partial charge in [0.15, 0.2) is 5.69 Å². The molecule has 1 heterocycles. The molecule has 0 aliphatic carbocycles. The van der Waals surface area contributed by atoms with Crippen LogP contribution in [0.3, 0.4) is 0 Å². The maximum atomic E-state index is 12.1. The van der Waals surface area contributed by atoms with E-state index in [0.717, 1.165) is 0 Å². The molecule has 0 spiro atoms. The molecule has 1 aromatic rings. The number of aromatic nitrogens is 1. The van der Waals surface area contributed by atoms with Gasteiger partial charge < -0.3 is 14.8 Å². The number of methoxy groups -OCH3 is 1. The number of ether oxygens (including phenoxy) is 2. The van der Waals surface area contributed by atoms with Crippen LogP contribution in [0.2, 0.25) is 0 Å². The number of carbonyl (C=O) groups excluding carboxylic acids is 2. The van der Waals surface area contributed by atoms with Crippen molar-refractivity contribution >= 4 is 17.6 Å². The van der Waals surface area contributed by atoms with Gasteiger partial charge in [-0.2, -0.15) is 0 Å². The van der Waals surface area contributed by atoms with Crippen molar-refractivity contribution in [2.24, 2.45) is 5.41 Å². The first kappa shape index (κ1) is 16.9. The number of amides is 1. The van der Waals surface area contributed by atoms with Gasteiger partial charge in [-0.15, -0.1) is 0 Å². The average molecular weight is 294 g/mol. The molecular weight excluding hydrogens is 272 g/mol. The number of esters is 1. The Labute approximate surface area is 124 Å². The minimum Gasteiger partial charge on any atom is -0.473 e. The Hall–Kier alpha value is -2.11. The van der Waals surface area contributed by atoms with Gasteiger partial charge in [0.25, 0.3) is 0 Å². The summed E-state index contributed by atoms with van der Waals surface area (Å²) < 4.78 is 10.2. The van der Waals surface area contributed by atoms with Gasteiger partial charge in [-0.25, -0.2) is 9.78 Å². The minimum absolute atomic E-state index is 0.127. The molecule has 6 nitrogen and oxygen atoms in total. The average Bonchev–Trinajstić information content (AvgIpc) is 2.38. The molecule has 1 aromatic heterocycles. The first-order chi connectivity index (χ1) is 9.65. The molecule has 0 saturated heterocycles. The fourth-order valence-corrected chi connectivity index (χ4v) is 1.38. The predicted molar refractivity (Wildman–Crippen MR) is 79.4 cm³/mol. The molecular formula is C15H22N2O4. The molecule has 116 valence electrons. The van der Waals surface area contributed by atoms with Crippen LogP contribution in [0.1, 0.15) is 45.1 Å². The maximum Gasteiger partial charge on any atom is 0.356 e. The van der Waals surface area contributed by atoms with Crippen LogP contribution >= 0.6 is 0 Å². The molecule has 21 heavy (non-hydrogen) atoms. The Bertz CT molecular complexity index is 533. The fraction of sp³-hybridized carbons (Fsp3) is 0.533. The number of pyridine rings is 1. The fourth-order valence-electron chi connectivity index (χ4n) is 1.38. The van der Waals surface area contributed by atoms with Crippen molar-refractivity contribution in [2.75, 3.05) is 12.4 Å². The molecule has 1 amide bonds. The summed E-state index contributed by atoms with van der Waals surface area (Å²) in [5.74, 6) is -0.522. The first-order valence-corrected chi connectivity index (χ1v) is 6.72. The Morgan fingerprint density at radius 1 is 1.24 bits per heavy atom. The normalized spacial score (nSPS) is 11.2. The molecule has 0 aliphatic rings. The van der Waals surface area contributed by atoms with Crippen LogP contribution < -0.4 is 10.1 Å². The van der Waals surface area contributed by atoms with Crippen molar-refractivity contribution in [2.45, 2.75) is 40.7 Å². The predicted octanol–water partition coefficient (Wildman–Crippen LogP) is 2.64. The maximum absolute atomic E-state index is 12.1. The van der Waals surface area contributed by atoms with Crippen LogP contribution in [0.15, 0.2) is 12.1 Å². The first-order valence-electron chi connectivity index (χ1n) is 6.72. The van der Waals surface area contributed by atoms with Crippen molar-refractivity contribution < 1.29 is 19.1 Å². The van der Waals surface area contributed by atoms with E-state index >= 15 is 0 Å². The van der Waals surface area contributed by atoms with Crippen molar-refractivity contribution in [3.05, 3.63) is 17.8 Å². The standard InChI is InChI=1S/C15H22N2O4/c1-9(2)21-12-10(17-14(19)15(3,4)5)7-8-11(16-12)13(18)20-6/h7-9H,1-6H3,(H,17,19). The number of nitrogens with zero attached hydrogens (tertiary/aromatic N) is 1. The third kappa shape index (κ3) is 4.73. The van der Waals surface area contributed by atoms with Crippen molar-refractivity contribution in [3.8, 4) is 5.88 Å². The van der Waals surface area contributed by atoms with Gasteiger partial charge in [0, 0.05) is 5.41 Å². The summed E-state index contributed by atoms with van der Waals surface area (Å²) in [6.45, 7) is 9.09. The number of rotatable bonds is 4. The van der Waals surface area contributed by atoms with Crippen molar-refractivity contribution in [1.82, 2.24) is 4.98 Å². The Kier molecular flexibility index (Phi) is 5.29. The largest absolute Gasteiger partial charge is 0.473 e. The lowest BCUT2D eigenvalue weighted by molar-refractivity contribution is -0.123. The molecule has 0 aromatic carbocycles. The van der Waals surface area contributed by atoms with E-state index < -0.39 is 11.4 Å². The second-order valence-corrected chi connectivity index (χ2v) is 5.91. The van der Waals surface area contributed by atoms with Crippen LogP contribution in [0.4, 0.5) is 5.69 Å². The highest BCUT2D eigenvalue weighted by atomic mass is 16.5. The van der Waals surface area contributed by atoms with Crippen molar-refractivity contribution in [1.29, 1.82) is 0 Å². The second-order valence-electron chi connectivity index (χ2n) is 5.91. The van der Waals surface area contributed by atoms with E-state index in [-0.39, 0.29) is 23.6 Å². The zero-order valence-corrected chi connectivity index (χ0v) is 13.3. The molecule has 6 heteroatoms. The summed E-state index contributed by atoms with van der Waals surface area (Å²) in [5, 5.41) is 2.76. The lowest BCUT2D eigenvalue weighted by Gasteiger charge is -2.20. The van der Waals surface area contributed by atoms with Gasteiger partial charge in [-0.1, -0.05) is 20.8 Å². The zero-order chi connectivity index (χ0) is 16.2. The van der Waals surface area contributed by atoms with Gasteiger partial charge in [0.05, 0.1) is 13.2 Å². The highest BCUT2D eigenvalue weighted by molar-refractivity contribution is 5.96. The van der Waals surface area contributed by atoms with Crippen molar-refractivity contribution in [3.63, 3.8) is 0 Å². The van der Waals surface area contributed by atoms with E-state index in [1.54, 1.807) is 6.07 Å².